The number of aliphatic carboxylic acids is 1. The third-order valence-corrected chi connectivity index (χ3v) is 1.65. The standard InChI is InChI=1S/C7H12O4/c1-5(6(8)9)7-10-3-2-4-11-7/h5,7H,2-4H2,1H3,(H,8,9). The van der Waals surface area contributed by atoms with Gasteiger partial charge in [0.1, 0.15) is 5.92 Å². The molecule has 1 rings (SSSR count). The second kappa shape index (κ2) is 3.69. The van der Waals surface area contributed by atoms with Crippen molar-refractivity contribution in [1.82, 2.24) is 0 Å². The van der Waals surface area contributed by atoms with E-state index in [1.54, 1.807) is 6.92 Å². The summed E-state index contributed by atoms with van der Waals surface area (Å²) < 4.78 is 10.2. The van der Waals surface area contributed by atoms with Gasteiger partial charge in [0.2, 0.25) is 0 Å². The topological polar surface area (TPSA) is 55.8 Å². The summed E-state index contributed by atoms with van der Waals surface area (Å²) in [5.74, 6) is -1.45. The van der Waals surface area contributed by atoms with E-state index >= 15 is 0 Å². The van der Waals surface area contributed by atoms with Crippen LogP contribution in [0.2, 0.25) is 0 Å². The van der Waals surface area contributed by atoms with Gasteiger partial charge in [-0.15, -0.1) is 0 Å². The van der Waals surface area contributed by atoms with Gasteiger partial charge >= 0.3 is 5.97 Å². The maximum atomic E-state index is 10.4. The van der Waals surface area contributed by atoms with Crippen LogP contribution in [0.1, 0.15) is 13.3 Å². The van der Waals surface area contributed by atoms with Gasteiger partial charge < -0.3 is 14.6 Å². The molecule has 0 saturated carbocycles. The van der Waals surface area contributed by atoms with Crippen LogP contribution in [0.3, 0.4) is 0 Å². The van der Waals surface area contributed by atoms with E-state index in [1.807, 2.05) is 0 Å². The van der Waals surface area contributed by atoms with E-state index in [2.05, 4.69) is 0 Å². The molecule has 11 heavy (non-hydrogen) atoms. The average Bonchev–Trinajstić information content (AvgIpc) is 2.05. The van der Waals surface area contributed by atoms with E-state index < -0.39 is 18.2 Å². The molecule has 0 spiro atoms. The highest BCUT2D eigenvalue weighted by molar-refractivity contribution is 5.69. The Morgan fingerprint density at radius 2 is 2.09 bits per heavy atom. The highest BCUT2D eigenvalue weighted by Crippen LogP contribution is 2.13. The van der Waals surface area contributed by atoms with Crippen molar-refractivity contribution in [3.8, 4) is 0 Å². The number of hydrogen-bond donors (Lipinski definition) is 1. The first-order valence-electron chi connectivity index (χ1n) is 3.68. The summed E-state index contributed by atoms with van der Waals surface area (Å²) in [7, 11) is 0. The molecule has 1 fully saturated rings. The molecule has 0 radical (unpaired) electrons. The Bertz CT molecular complexity index is 139. The van der Waals surface area contributed by atoms with Crippen LogP contribution in [0, 0.1) is 5.92 Å². The zero-order valence-electron chi connectivity index (χ0n) is 6.45. The molecule has 1 aliphatic rings. The Morgan fingerprint density at radius 3 is 2.55 bits per heavy atom. The minimum absolute atomic E-state index is 0.554. The fourth-order valence-electron chi connectivity index (χ4n) is 0.911. The first kappa shape index (κ1) is 8.49. The van der Waals surface area contributed by atoms with Crippen LogP contribution < -0.4 is 0 Å². The van der Waals surface area contributed by atoms with Gasteiger partial charge in [0.25, 0.3) is 0 Å². The zero-order valence-corrected chi connectivity index (χ0v) is 6.45. The van der Waals surface area contributed by atoms with Crippen LogP contribution >= 0.6 is 0 Å². The Kier molecular flexibility index (Phi) is 2.84. The van der Waals surface area contributed by atoms with E-state index in [4.69, 9.17) is 14.6 Å². The van der Waals surface area contributed by atoms with Gasteiger partial charge in [0.15, 0.2) is 6.29 Å². The normalized spacial score (nSPS) is 23.0. The molecule has 1 unspecified atom stereocenters. The van der Waals surface area contributed by atoms with Crippen LogP contribution in [0.25, 0.3) is 0 Å². The molecule has 1 N–H and O–H groups in total. The number of hydrogen-bond acceptors (Lipinski definition) is 3. The molecule has 64 valence electrons. The third kappa shape index (κ3) is 2.17. The minimum Gasteiger partial charge on any atom is -0.481 e. The molecule has 1 atom stereocenters. The number of rotatable bonds is 2. The summed E-state index contributed by atoms with van der Waals surface area (Å²) in [6, 6.07) is 0. The van der Waals surface area contributed by atoms with E-state index in [9.17, 15) is 4.79 Å². The monoisotopic (exact) mass is 160 g/mol. The minimum atomic E-state index is -0.878. The smallest absolute Gasteiger partial charge is 0.311 e. The third-order valence-electron chi connectivity index (χ3n) is 1.65. The lowest BCUT2D eigenvalue weighted by Crippen LogP contribution is -2.34. The van der Waals surface area contributed by atoms with Gasteiger partial charge in [0, 0.05) is 0 Å². The van der Waals surface area contributed by atoms with Gasteiger partial charge in [-0.05, 0) is 13.3 Å². The number of ether oxygens (including phenoxy) is 2. The van der Waals surface area contributed by atoms with Crippen molar-refractivity contribution in [2.75, 3.05) is 13.2 Å². The summed E-state index contributed by atoms with van der Waals surface area (Å²) in [5, 5.41) is 8.57. The SMILES string of the molecule is CC(C(=O)O)C1OCCCO1. The Morgan fingerprint density at radius 1 is 1.55 bits per heavy atom. The summed E-state index contributed by atoms with van der Waals surface area (Å²) in [4.78, 5) is 10.4. The number of carboxylic acid groups (broad SMARTS) is 1. The molecule has 0 aromatic heterocycles. The van der Waals surface area contributed by atoms with E-state index in [1.165, 1.54) is 0 Å². The van der Waals surface area contributed by atoms with Crippen molar-refractivity contribution in [1.29, 1.82) is 0 Å². The number of carbonyl (C=O) groups is 1. The zero-order chi connectivity index (χ0) is 8.27. The van der Waals surface area contributed by atoms with Crippen LogP contribution in [0.15, 0.2) is 0 Å². The van der Waals surface area contributed by atoms with Crippen LogP contribution in [-0.2, 0) is 14.3 Å². The first-order chi connectivity index (χ1) is 5.22. The first-order valence-corrected chi connectivity index (χ1v) is 3.68. The van der Waals surface area contributed by atoms with Gasteiger partial charge in [-0.1, -0.05) is 0 Å². The molecular formula is C7H12O4. The van der Waals surface area contributed by atoms with Gasteiger partial charge in [0.05, 0.1) is 13.2 Å². The second-order valence-electron chi connectivity index (χ2n) is 2.59. The van der Waals surface area contributed by atoms with Crippen molar-refractivity contribution >= 4 is 5.97 Å². The van der Waals surface area contributed by atoms with Crippen LogP contribution in [0.4, 0.5) is 0 Å². The second-order valence-corrected chi connectivity index (χ2v) is 2.59. The predicted molar refractivity (Wildman–Crippen MR) is 37.1 cm³/mol. The molecule has 1 aliphatic heterocycles. The quantitative estimate of drug-likeness (QED) is 0.638. The van der Waals surface area contributed by atoms with Crippen molar-refractivity contribution < 1.29 is 19.4 Å². The van der Waals surface area contributed by atoms with Crippen molar-refractivity contribution in [2.24, 2.45) is 5.92 Å². The van der Waals surface area contributed by atoms with Gasteiger partial charge in [-0.3, -0.25) is 4.79 Å². The summed E-state index contributed by atoms with van der Waals surface area (Å²) in [6.45, 7) is 2.78. The maximum Gasteiger partial charge on any atom is 0.311 e. The average molecular weight is 160 g/mol. The predicted octanol–water partition coefficient (Wildman–Crippen LogP) is 0.470. The van der Waals surface area contributed by atoms with Gasteiger partial charge in [-0.2, -0.15) is 0 Å². The summed E-state index contributed by atoms with van der Waals surface area (Å²) >= 11 is 0. The Hall–Kier alpha value is -0.610. The summed E-state index contributed by atoms with van der Waals surface area (Å²) in [6.07, 6.45) is 0.296. The molecule has 0 aromatic carbocycles. The highest BCUT2D eigenvalue weighted by atomic mass is 16.7. The number of carboxylic acids is 1. The summed E-state index contributed by atoms with van der Waals surface area (Å²) in [5.41, 5.74) is 0. The lowest BCUT2D eigenvalue weighted by atomic mass is 10.2. The van der Waals surface area contributed by atoms with E-state index in [0.717, 1.165) is 6.42 Å². The Labute approximate surface area is 65.1 Å². The van der Waals surface area contributed by atoms with E-state index in [0.29, 0.717) is 13.2 Å². The molecule has 1 saturated heterocycles. The molecule has 4 heteroatoms. The van der Waals surface area contributed by atoms with E-state index in [-0.39, 0.29) is 0 Å². The highest BCUT2D eigenvalue weighted by Gasteiger charge is 2.26. The molecule has 0 aromatic rings. The molecular weight excluding hydrogens is 148 g/mol. The largest absolute Gasteiger partial charge is 0.481 e. The molecule has 4 nitrogen and oxygen atoms in total. The molecule has 0 aliphatic carbocycles. The fraction of sp³-hybridized carbons (Fsp3) is 0.857. The van der Waals surface area contributed by atoms with Crippen LogP contribution in [0.5, 0.6) is 0 Å². The lowest BCUT2D eigenvalue weighted by molar-refractivity contribution is -0.208. The lowest BCUT2D eigenvalue weighted by Gasteiger charge is -2.25. The van der Waals surface area contributed by atoms with Crippen molar-refractivity contribution in [3.05, 3.63) is 0 Å². The van der Waals surface area contributed by atoms with Crippen molar-refractivity contribution in [2.45, 2.75) is 19.6 Å². The van der Waals surface area contributed by atoms with Crippen molar-refractivity contribution in [3.63, 3.8) is 0 Å². The molecule has 1 heterocycles. The molecule has 0 amide bonds. The maximum absolute atomic E-state index is 10.4. The Balaban J connectivity index is 2.38. The fourth-order valence-corrected chi connectivity index (χ4v) is 0.911. The van der Waals surface area contributed by atoms with Crippen LogP contribution in [-0.4, -0.2) is 30.6 Å². The molecule has 0 bridgehead atoms. The van der Waals surface area contributed by atoms with Gasteiger partial charge in [-0.25, -0.2) is 0 Å².